The number of hydrogen-bond donors (Lipinski definition) is 2. The van der Waals surface area contributed by atoms with Gasteiger partial charge in [-0.15, -0.1) is 0 Å². The first-order valence-corrected chi connectivity index (χ1v) is 8.05. The molecule has 2 N–H and O–H groups in total. The van der Waals surface area contributed by atoms with Crippen molar-refractivity contribution >= 4 is 11.9 Å². The van der Waals surface area contributed by atoms with E-state index in [-0.39, 0.29) is 5.92 Å². The lowest BCUT2D eigenvalue weighted by Crippen LogP contribution is -2.48. The van der Waals surface area contributed by atoms with E-state index < -0.39 is 23.8 Å². The number of aliphatic carboxylic acids is 2. The lowest BCUT2D eigenvalue weighted by Gasteiger charge is -2.51. The summed E-state index contributed by atoms with van der Waals surface area (Å²) in [5, 5.41) is 18.8. The summed E-state index contributed by atoms with van der Waals surface area (Å²) < 4.78 is 0. The van der Waals surface area contributed by atoms with Crippen molar-refractivity contribution in [2.45, 2.75) is 51.4 Å². The minimum atomic E-state index is -0.915. The predicted molar refractivity (Wildman–Crippen MR) is 73.1 cm³/mol. The van der Waals surface area contributed by atoms with Crippen LogP contribution in [-0.4, -0.2) is 22.2 Å². The van der Waals surface area contributed by atoms with Crippen LogP contribution in [0.2, 0.25) is 0 Å². The second-order valence-corrected chi connectivity index (χ2v) is 7.00. The van der Waals surface area contributed by atoms with Crippen molar-refractivity contribution < 1.29 is 19.8 Å². The van der Waals surface area contributed by atoms with Crippen LogP contribution in [0.15, 0.2) is 0 Å². The summed E-state index contributed by atoms with van der Waals surface area (Å²) in [5.74, 6) is -1.13. The molecule has 4 heteroatoms. The van der Waals surface area contributed by atoms with Gasteiger partial charge in [0.05, 0.1) is 11.8 Å². The molecule has 0 aromatic heterocycles. The maximum absolute atomic E-state index is 11.6. The van der Waals surface area contributed by atoms with Crippen LogP contribution in [0.1, 0.15) is 51.4 Å². The third-order valence-corrected chi connectivity index (χ3v) is 6.25. The highest BCUT2D eigenvalue weighted by Crippen LogP contribution is 2.54. The fourth-order valence-electron chi connectivity index (χ4n) is 5.45. The Morgan fingerprint density at radius 2 is 1.40 bits per heavy atom. The molecule has 0 saturated heterocycles. The molecule has 3 saturated carbocycles. The highest BCUT2D eigenvalue weighted by molar-refractivity contribution is 5.80. The quantitative estimate of drug-likeness (QED) is 0.815. The molecule has 3 rings (SSSR count). The zero-order valence-electron chi connectivity index (χ0n) is 11.8. The molecule has 0 bridgehead atoms. The van der Waals surface area contributed by atoms with Crippen molar-refractivity contribution in [3.8, 4) is 0 Å². The van der Waals surface area contributed by atoms with Gasteiger partial charge < -0.3 is 10.2 Å². The standard InChI is InChI=1S/C16H24O4/c17-15(18)13-8-7-11-10-4-2-1-3-9(10)5-6-12(11)14(13)16(19)20/h9-14H,1-8H2,(H,17,18)(H,19,20). The van der Waals surface area contributed by atoms with Crippen LogP contribution in [0.5, 0.6) is 0 Å². The smallest absolute Gasteiger partial charge is 0.307 e. The van der Waals surface area contributed by atoms with Crippen molar-refractivity contribution in [1.29, 1.82) is 0 Å². The fraction of sp³-hybridized carbons (Fsp3) is 0.875. The summed E-state index contributed by atoms with van der Waals surface area (Å²) in [5.41, 5.74) is 0. The van der Waals surface area contributed by atoms with Gasteiger partial charge in [0, 0.05) is 0 Å². The van der Waals surface area contributed by atoms with Gasteiger partial charge in [-0.1, -0.05) is 19.3 Å². The van der Waals surface area contributed by atoms with E-state index in [1.54, 1.807) is 0 Å². The molecule has 0 heterocycles. The Balaban J connectivity index is 1.84. The lowest BCUT2D eigenvalue weighted by molar-refractivity contribution is -0.164. The molecule has 3 fully saturated rings. The molecule has 20 heavy (non-hydrogen) atoms. The third-order valence-electron chi connectivity index (χ3n) is 6.25. The second-order valence-electron chi connectivity index (χ2n) is 7.00. The number of rotatable bonds is 2. The van der Waals surface area contributed by atoms with Gasteiger partial charge in [-0.2, -0.15) is 0 Å². The normalized spacial score (nSPS) is 44.2. The van der Waals surface area contributed by atoms with Crippen LogP contribution >= 0.6 is 0 Å². The van der Waals surface area contributed by atoms with Gasteiger partial charge >= 0.3 is 11.9 Å². The van der Waals surface area contributed by atoms with E-state index in [9.17, 15) is 19.8 Å². The van der Waals surface area contributed by atoms with E-state index in [0.29, 0.717) is 18.3 Å². The summed E-state index contributed by atoms with van der Waals surface area (Å²) in [6, 6.07) is 0. The molecule has 6 unspecified atom stereocenters. The molecule has 3 aliphatic rings. The first-order chi connectivity index (χ1) is 9.59. The molecule has 0 amide bonds. The number of hydrogen-bond acceptors (Lipinski definition) is 2. The molecule has 0 aliphatic heterocycles. The Hall–Kier alpha value is -1.06. The Kier molecular flexibility index (Phi) is 3.74. The molecule has 0 radical (unpaired) electrons. The van der Waals surface area contributed by atoms with E-state index in [1.165, 1.54) is 25.7 Å². The molecule has 0 aromatic rings. The average Bonchev–Trinajstić information content (AvgIpc) is 2.45. The average molecular weight is 280 g/mol. The highest BCUT2D eigenvalue weighted by Gasteiger charge is 2.51. The van der Waals surface area contributed by atoms with Gasteiger partial charge in [-0.3, -0.25) is 9.59 Å². The molecule has 112 valence electrons. The fourth-order valence-corrected chi connectivity index (χ4v) is 5.45. The van der Waals surface area contributed by atoms with Crippen molar-refractivity contribution in [2.75, 3.05) is 0 Å². The molecular weight excluding hydrogens is 256 g/mol. The topological polar surface area (TPSA) is 74.6 Å². The summed E-state index contributed by atoms with van der Waals surface area (Å²) in [7, 11) is 0. The first kappa shape index (κ1) is 13.9. The number of fused-ring (bicyclic) bond motifs is 3. The van der Waals surface area contributed by atoms with Gasteiger partial charge in [0.1, 0.15) is 0 Å². The molecular formula is C16H24O4. The predicted octanol–water partition coefficient (Wildman–Crippen LogP) is 3.01. The summed E-state index contributed by atoms with van der Waals surface area (Å²) in [4.78, 5) is 23.0. The van der Waals surface area contributed by atoms with Crippen molar-refractivity contribution in [3.05, 3.63) is 0 Å². The lowest BCUT2D eigenvalue weighted by atomic mass is 9.53. The summed E-state index contributed by atoms with van der Waals surface area (Å²) in [6.07, 6.45) is 8.63. The van der Waals surface area contributed by atoms with Gasteiger partial charge in [0.2, 0.25) is 0 Å². The largest absolute Gasteiger partial charge is 0.481 e. The van der Waals surface area contributed by atoms with Crippen LogP contribution in [0.4, 0.5) is 0 Å². The molecule has 3 aliphatic carbocycles. The van der Waals surface area contributed by atoms with E-state index >= 15 is 0 Å². The summed E-state index contributed by atoms with van der Waals surface area (Å²) in [6.45, 7) is 0. The zero-order valence-corrected chi connectivity index (χ0v) is 11.8. The van der Waals surface area contributed by atoms with Crippen molar-refractivity contribution in [2.24, 2.45) is 35.5 Å². The van der Waals surface area contributed by atoms with Gasteiger partial charge in [-0.05, 0) is 55.8 Å². The third kappa shape index (κ3) is 2.23. The Morgan fingerprint density at radius 1 is 0.700 bits per heavy atom. The van der Waals surface area contributed by atoms with Gasteiger partial charge in [0.25, 0.3) is 0 Å². The summed E-state index contributed by atoms with van der Waals surface area (Å²) >= 11 is 0. The highest BCUT2D eigenvalue weighted by atomic mass is 16.4. The van der Waals surface area contributed by atoms with Crippen LogP contribution < -0.4 is 0 Å². The molecule has 6 atom stereocenters. The van der Waals surface area contributed by atoms with Crippen molar-refractivity contribution in [1.82, 2.24) is 0 Å². The Bertz CT molecular complexity index is 405. The van der Waals surface area contributed by atoms with Crippen LogP contribution in [0, 0.1) is 35.5 Å². The maximum atomic E-state index is 11.6. The van der Waals surface area contributed by atoms with Gasteiger partial charge in [-0.25, -0.2) is 0 Å². The van der Waals surface area contributed by atoms with E-state index in [4.69, 9.17) is 0 Å². The van der Waals surface area contributed by atoms with Crippen LogP contribution in [0.25, 0.3) is 0 Å². The number of carboxylic acids is 2. The minimum absolute atomic E-state index is 0.0988. The Labute approximate surface area is 119 Å². The zero-order chi connectivity index (χ0) is 14.3. The molecule has 4 nitrogen and oxygen atoms in total. The molecule has 0 spiro atoms. The van der Waals surface area contributed by atoms with E-state index in [1.807, 2.05) is 0 Å². The number of carboxylic acid groups (broad SMARTS) is 2. The minimum Gasteiger partial charge on any atom is -0.481 e. The van der Waals surface area contributed by atoms with Gasteiger partial charge in [0.15, 0.2) is 0 Å². The van der Waals surface area contributed by atoms with E-state index in [0.717, 1.165) is 25.2 Å². The monoisotopic (exact) mass is 280 g/mol. The maximum Gasteiger partial charge on any atom is 0.307 e. The van der Waals surface area contributed by atoms with Crippen LogP contribution in [0.3, 0.4) is 0 Å². The van der Waals surface area contributed by atoms with E-state index in [2.05, 4.69) is 0 Å². The second kappa shape index (κ2) is 5.38. The number of carbonyl (C=O) groups is 2. The van der Waals surface area contributed by atoms with Crippen LogP contribution in [-0.2, 0) is 9.59 Å². The Morgan fingerprint density at radius 3 is 2.10 bits per heavy atom. The van der Waals surface area contributed by atoms with Crippen molar-refractivity contribution in [3.63, 3.8) is 0 Å². The SMILES string of the molecule is O=C(O)C1CCC2C3CCCCC3CCC2C1C(=O)O. The first-order valence-electron chi connectivity index (χ1n) is 8.05. The molecule has 0 aromatic carbocycles.